The fraction of sp³-hybridized carbons (Fsp3) is 0.417. The number of amides is 2. The van der Waals surface area contributed by atoms with Gasteiger partial charge in [0.2, 0.25) is 5.91 Å². The molecule has 2 aromatic rings. The van der Waals surface area contributed by atoms with Gasteiger partial charge in [-0.05, 0) is 42.5 Å². The van der Waals surface area contributed by atoms with Gasteiger partial charge in [0.15, 0.2) is 6.61 Å². The Morgan fingerprint density at radius 3 is 2.82 bits per heavy atom. The fourth-order valence-corrected chi connectivity index (χ4v) is 4.92. The first kappa shape index (κ1) is 25.1. The topological polar surface area (TPSA) is 118 Å². The Morgan fingerprint density at radius 1 is 1.32 bits per heavy atom. The Bertz CT molecular complexity index is 1110. The normalized spacial score (nSPS) is 13.3. The number of fused-ring (bicyclic) bond motifs is 1. The van der Waals surface area contributed by atoms with Gasteiger partial charge < -0.3 is 24.4 Å². The van der Waals surface area contributed by atoms with Crippen molar-refractivity contribution in [1.82, 2.24) is 4.90 Å². The van der Waals surface area contributed by atoms with Crippen molar-refractivity contribution in [2.45, 2.75) is 39.2 Å². The molecule has 0 radical (unpaired) electrons. The van der Waals surface area contributed by atoms with Crippen LogP contribution in [0.2, 0.25) is 0 Å². The number of hydrogen-bond acceptors (Lipinski definition) is 8. The molecule has 1 aromatic carbocycles. The molecule has 1 aliphatic heterocycles. The molecule has 10 heteroatoms. The van der Waals surface area contributed by atoms with Gasteiger partial charge in [-0.2, -0.15) is 5.26 Å². The summed E-state index contributed by atoms with van der Waals surface area (Å²) in [6.45, 7) is 4.58. The molecule has 9 nitrogen and oxygen atoms in total. The van der Waals surface area contributed by atoms with Crippen LogP contribution in [0, 0.1) is 11.3 Å². The molecule has 0 bridgehead atoms. The largest absolute Gasteiger partial charge is 0.494 e. The Morgan fingerprint density at radius 2 is 2.12 bits per heavy atom. The molecule has 2 amide bonds. The lowest BCUT2D eigenvalue weighted by Gasteiger charge is -2.25. The first-order valence-corrected chi connectivity index (χ1v) is 11.7. The van der Waals surface area contributed by atoms with Gasteiger partial charge in [0.05, 0.1) is 25.8 Å². The molecule has 0 fully saturated rings. The highest BCUT2D eigenvalue weighted by Gasteiger charge is 2.28. The van der Waals surface area contributed by atoms with Crippen molar-refractivity contribution < 1.29 is 28.6 Å². The molecule has 1 atom stereocenters. The van der Waals surface area contributed by atoms with Crippen molar-refractivity contribution in [3.63, 3.8) is 0 Å². The lowest BCUT2D eigenvalue weighted by atomic mass is 9.97. The van der Waals surface area contributed by atoms with Crippen LogP contribution in [0.4, 0.5) is 9.80 Å². The minimum absolute atomic E-state index is 0.0411. The molecule has 0 unspecified atom stereocenters. The van der Waals surface area contributed by atoms with E-state index < -0.39 is 18.7 Å². The van der Waals surface area contributed by atoms with Crippen LogP contribution in [-0.2, 0) is 32.0 Å². The first-order chi connectivity index (χ1) is 16.4. The summed E-state index contributed by atoms with van der Waals surface area (Å²) in [6, 6.07) is 9.86. The summed E-state index contributed by atoms with van der Waals surface area (Å²) in [5.41, 5.74) is 2.26. The van der Waals surface area contributed by atoms with Gasteiger partial charge in [-0.3, -0.25) is 4.79 Å². The van der Waals surface area contributed by atoms with Crippen LogP contribution in [0.1, 0.15) is 47.8 Å². The van der Waals surface area contributed by atoms with Gasteiger partial charge in [0.25, 0.3) is 0 Å². The summed E-state index contributed by atoms with van der Waals surface area (Å²) in [4.78, 5) is 38.5. The van der Waals surface area contributed by atoms with Crippen LogP contribution in [0.5, 0.6) is 5.75 Å². The number of anilines is 1. The third kappa shape index (κ3) is 6.05. The minimum Gasteiger partial charge on any atom is -0.494 e. The number of thiophene rings is 1. The number of nitriles is 1. The van der Waals surface area contributed by atoms with Crippen LogP contribution in [0.15, 0.2) is 24.3 Å². The van der Waals surface area contributed by atoms with Crippen molar-refractivity contribution in [2.75, 3.05) is 32.2 Å². The van der Waals surface area contributed by atoms with Crippen LogP contribution in [0.25, 0.3) is 0 Å². The molecule has 3 rings (SSSR count). The summed E-state index contributed by atoms with van der Waals surface area (Å²) in [5.74, 6) is -0.114. The number of rotatable bonds is 8. The number of benzene rings is 1. The Hall–Kier alpha value is -3.58. The maximum atomic E-state index is 12.8. The van der Waals surface area contributed by atoms with Crippen molar-refractivity contribution in [3.8, 4) is 11.8 Å². The number of carbonyl (C=O) groups excluding carboxylic acids is 3. The second-order valence-corrected chi connectivity index (χ2v) is 8.89. The van der Waals surface area contributed by atoms with E-state index in [4.69, 9.17) is 9.47 Å². The summed E-state index contributed by atoms with van der Waals surface area (Å²) in [6.07, 6.45) is 0.0738. The predicted octanol–water partition coefficient (Wildman–Crippen LogP) is 3.82. The third-order valence-corrected chi connectivity index (χ3v) is 6.58. The zero-order valence-corrected chi connectivity index (χ0v) is 20.2. The van der Waals surface area contributed by atoms with Crippen molar-refractivity contribution in [2.24, 2.45) is 0 Å². The van der Waals surface area contributed by atoms with E-state index in [1.165, 1.54) is 23.3 Å². The SMILES string of the molecule is CCOc1cccc([C@@H](C)CC(=O)Nc2sc3c(c2C#N)CCN(C(=O)OCC(=O)OC)C3)c1. The molecule has 1 aromatic heterocycles. The van der Waals surface area contributed by atoms with Gasteiger partial charge in [-0.1, -0.05) is 19.1 Å². The number of hydrogen-bond donors (Lipinski definition) is 1. The van der Waals surface area contributed by atoms with E-state index in [-0.39, 0.29) is 24.8 Å². The molecule has 2 heterocycles. The zero-order valence-electron chi connectivity index (χ0n) is 19.4. The van der Waals surface area contributed by atoms with Crippen LogP contribution in [-0.4, -0.2) is 49.7 Å². The van der Waals surface area contributed by atoms with E-state index in [9.17, 15) is 19.6 Å². The number of esters is 1. The first-order valence-electron chi connectivity index (χ1n) is 10.9. The predicted molar refractivity (Wildman–Crippen MR) is 126 cm³/mol. The number of carbonyl (C=O) groups is 3. The lowest BCUT2D eigenvalue weighted by Crippen LogP contribution is -2.36. The van der Waals surface area contributed by atoms with E-state index in [1.54, 1.807) is 0 Å². The van der Waals surface area contributed by atoms with Crippen LogP contribution in [0.3, 0.4) is 0 Å². The van der Waals surface area contributed by atoms with E-state index >= 15 is 0 Å². The standard InChI is InChI=1S/C24H27N3O6S/c1-4-32-17-7-5-6-16(11-17)15(2)10-21(28)26-23-19(12-25)18-8-9-27(13-20(18)34-23)24(30)33-14-22(29)31-3/h5-7,11,15H,4,8-10,13-14H2,1-3H3,(H,26,28)/t15-/m0/s1. The van der Waals surface area contributed by atoms with Gasteiger partial charge in [-0.25, -0.2) is 9.59 Å². The second kappa shape index (κ2) is 11.5. The fourth-order valence-electron chi connectivity index (χ4n) is 3.69. The Balaban J connectivity index is 1.65. The number of nitrogens with zero attached hydrogens (tertiary/aromatic N) is 2. The van der Waals surface area contributed by atoms with E-state index in [0.29, 0.717) is 30.1 Å². The number of nitrogens with one attached hydrogen (secondary N) is 1. The second-order valence-electron chi connectivity index (χ2n) is 7.78. The smallest absolute Gasteiger partial charge is 0.410 e. The quantitative estimate of drug-likeness (QED) is 0.565. The van der Waals surface area contributed by atoms with Gasteiger partial charge in [0, 0.05) is 17.8 Å². The van der Waals surface area contributed by atoms with Gasteiger partial charge in [-0.15, -0.1) is 11.3 Å². The minimum atomic E-state index is -0.641. The highest BCUT2D eigenvalue weighted by Crippen LogP contribution is 2.37. The maximum absolute atomic E-state index is 12.8. The summed E-state index contributed by atoms with van der Waals surface area (Å²) in [7, 11) is 1.22. The molecule has 0 saturated carbocycles. The number of methoxy groups -OCH3 is 1. The monoisotopic (exact) mass is 485 g/mol. The number of ether oxygens (including phenoxy) is 3. The van der Waals surface area contributed by atoms with E-state index in [0.717, 1.165) is 21.8 Å². The lowest BCUT2D eigenvalue weighted by molar-refractivity contribution is -0.144. The molecular formula is C24H27N3O6S. The van der Waals surface area contributed by atoms with E-state index in [2.05, 4.69) is 16.1 Å². The average Bonchev–Trinajstić information content (AvgIpc) is 3.18. The molecule has 34 heavy (non-hydrogen) atoms. The molecular weight excluding hydrogens is 458 g/mol. The highest BCUT2D eigenvalue weighted by atomic mass is 32.1. The highest BCUT2D eigenvalue weighted by molar-refractivity contribution is 7.16. The van der Waals surface area contributed by atoms with Crippen molar-refractivity contribution in [1.29, 1.82) is 5.26 Å². The van der Waals surface area contributed by atoms with Crippen LogP contribution < -0.4 is 10.1 Å². The molecule has 1 aliphatic rings. The molecule has 0 spiro atoms. The van der Waals surface area contributed by atoms with Gasteiger partial charge in [0.1, 0.15) is 16.8 Å². The Labute approximate surface area is 202 Å². The average molecular weight is 486 g/mol. The van der Waals surface area contributed by atoms with Gasteiger partial charge >= 0.3 is 12.1 Å². The van der Waals surface area contributed by atoms with Crippen LogP contribution >= 0.6 is 11.3 Å². The molecule has 0 aliphatic carbocycles. The summed E-state index contributed by atoms with van der Waals surface area (Å²) >= 11 is 1.28. The third-order valence-electron chi connectivity index (χ3n) is 5.45. The summed E-state index contributed by atoms with van der Waals surface area (Å²) in [5, 5.41) is 13.1. The van der Waals surface area contributed by atoms with Crippen molar-refractivity contribution in [3.05, 3.63) is 45.8 Å². The molecule has 180 valence electrons. The summed E-state index contributed by atoms with van der Waals surface area (Å²) < 4.78 is 15.0. The zero-order chi connectivity index (χ0) is 24.7. The Kier molecular flexibility index (Phi) is 8.49. The van der Waals surface area contributed by atoms with Crippen molar-refractivity contribution >= 4 is 34.3 Å². The molecule has 1 N–H and O–H groups in total. The molecule has 0 saturated heterocycles. The maximum Gasteiger partial charge on any atom is 0.410 e. The van der Waals surface area contributed by atoms with E-state index in [1.807, 2.05) is 38.1 Å².